The van der Waals surface area contributed by atoms with Crippen molar-refractivity contribution in [2.45, 2.75) is 19.4 Å². The molecule has 80 valence electrons. The van der Waals surface area contributed by atoms with Gasteiger partial charge in [-0.2, -0.15) is 0 Å². The van der Waals surface area contributed by atoms with Gasteiger partial charge in [-0.15, -0.1) is 0 Å². The minimum absolute atomic E-state index is 0.194. The Morgan fingerprint density at radius 2 is 2.27 bits per heavy atom. The maximum Gasteiger partial charge on any atom is 0.189 e. The van der Waals surface area contributed by atoms with Crippen LogP contribution in [0.1, 0.15) is 18.1 Å². The minimum atomic E-state index is -0.376. The number of halogens is 1. The molecule has 4 heteroatoms. The fourth-order valence-electron chi connectivity index (χ4n) is 1.70. The molecule has 3 N–H and O–H groups in total. The summed E-state index contributed by atoms with van der Waals surface area (Å²) in [5, 5.41) is 3.05. The zero-order chi connectivity index (χ0) is 11.1. The number of aryl methyl sites for hydroxylation is 1. The van der Waals surface area contributed by atoms with E-state index in [2.05, 4.69) is 10.3 Å². The lowest BCUT2D eigenvalue weighted by molar-refractivity contribution is 0.475. The van der Waals surface area contributed by atoms with E-state index in [4.69, 9.17) is 5.73 Å². The van der Waals surface area contributed by atoms with Crippen LogP contribution in [-0.2, 0) is 5.54 Å². The van der Waals surface area contributed by atoms with Gasteiger partial charge in [-0.3, -0.25) is 4.99 Å². The fraction of sp³-hybridized carbons (Fsp3) is 0.364. The molecule has 1 aliphatic heterocycles. The van der Waals surface area contributed by atoms with E-state index in [9.17, 15) is 4.39 Å². The summed E-state index contributed by atoms with van der Waals surface area (Å²) in [6.45, 7) is 4.25. The predicted molar refractivity (Wildman–Crippen MR) is 58.1 cm³/mol. The van der Waals surface area contributed by atoms with Crippen LogP contribution in [0, 0.1) is 12.7 Å². The van der Waals surface area contributed by atoms with Gasteiger partial charge in [0.05, 0.1) is 12.1 Å². The van der Waals surface area contributed by atoms with Crippen molar-refractivity contribution in [2.24, 2.45) is 10.7 Å². The maximum absolute atomic E-state index is 13.4. The monoisotopic (exact) mass is 207 g/mol. The summed E-state index contributed by atoms with van der Waals surface area (Å²) in [5.74, 6) is 0.222. The molecule has 15 heavy (non-hydrogen) atoms. The Morgan fingerprint density at radius 3 is 2.80 bits per heavy atom. The van der Waals surface area contributed by atoms with Gasteiger partial charge in [0, 0.05) is 0 Å². The van der Waals surface area contributed by atoms with Crippen LogP contribution < -0.4 is 11.1 Å². The van der Waals surface area contributed by atoms with Gasteiger partial charge in [-0.05, 0) is 31.0 Å². The van der Waals surface area contributed by atoms with Crippen molar-refractivity contribution in [1.82, 2.24) is 5.32 Å². The van der Waals surface area contributed by atoms with Crippen LogP contribution in [0.15, 0.2) is 23.2 Å². The third-order valence-electron chi connectivity index (χ3n) is 2.78. The molecule has 0 aromatic heterocycles. The Hall–Kier alpha value is -1.58. The highest BCUT2D eigenvalue weighted by atomic mass is 19.1. The molecule has 0 fully saturated rings. The van der Waals surface area contributed by atoms with Crippen LogP contribution in [-0.4, -0.2) is 12.5 Å². The van der Waals surface area contributed by atoms with Crippen LogP contribution in [0.5, 0.6) is 0 Å². The lowest BCUT2D eigenvalue weighted by Crippen LogP contribution is -2.43. The number of aliphatic imine (C=N–C) groups is 1. The Morgan fingerprint density at radius 1 is 1.53 bits per heavy atom. The highest BCUT2D eigenvalue weighted by Gasteiger charge is 2.31. The van der Waals surface area contributed by atoms with Crippen LogP contribution in [0.2, 0.25) is 0 Å². The number of hydrogen-bond donors (Lipinski definition) is 2. The van der Waals surface area contributed by atoms with Gasteiger partial charge < -0.3 is 11.1 Å². The third-order valence-corrected chi connectivity index (χ3v) is 2.78. The highest BCUT2D eigenvalue weighted by Crippen LogP contribution is 2.25. The second-order valence-electron chi connectivity index (χ2n) is 4.12. The van der Waals surface area contributed by atoms with E-state index in [0.717, 1.165) is 5.56 Å². The number of hydrogen-bond acceptors (Lipinski definition) is 3. The van der Waals surface area contributed by atoms with Crippen molar-refractivity contribution in [2.75, 3.05) is 6.54 Å². The Labute approximate surface area is 88.2 Å². The first kappa shape index (κ1) is 9.96. The van der Waals surface area contributed by atoms with Crippen molar-refractivity contribution in [3.05, 3.63) is 35.1 Å². The Balaban J connectivity index is 2.34. The zero-order valence-corrected chi connectivity index (χ0v) is 8.84. The van der Waals surface area contributed by atoms with E-state index in [0.29, 0.717) is 18.1 Å². The number of benzene rings is 1. The van der Waals surface area contributed by atoms with Crippen molar-refractivity contribution < 1.29 is 4.39 Å². The standard InChI is InChI=1S/C11H14FN3/c1-7-3-4-8(5-9(7)12)11(2)6-14-10(13)15-11/h3-5H,6H2,1-2H3,(H3,13,14,15). The summed E-state index contributed by atoms with van der Waals surface area (Å²) in [4.78, 5) is 4.08. The molecule has 1 aliphatic rings. The van der Waals surface area contributed by atoms with Crippen molar-refractivity contribution in [3.8, 4) is 0 Å². The van der Waals surface area contributed by atoms with Gasteiger partial charge in [0.15, 0.2) is 5.96 Å². The maximum atomic E-state index is 13.4. The van der Waals surface area contributed by atoms with E-state index < -0.39 is 0 Å². The summed E-state index contributed by atoms with van der Waals surface area (Å²) in [7, 11) is 0. The van der Waals surface area contributed by atoms with Crippen molar-refractivity contribution in [3.63, 3.8) is 0 Å². The van der Waals surface area contributed by atoms with Crippen LogP contribution in [0.25, 0.3) is 0 Å². The molecule has 0 aliphatic carbocycles. The Kier molecular flexibility index (Phi) is 2.14. The van der Waals surface area contributed by atoms with Gasteiger partial charge in [0.1, 0.15) is 5.82 Å². The van der Waals surface area contributed by atoms with E-state index in [1.165, 1.54) is 6.07 Å². The average Bonchev–Trinajstić information content (AvgIpc) is 2.52. The van der Waals surface area contributed by atoms with Crippen LogP contribution in [0.3, 0.4) is 0 Å². The normalized spacial score (nSPS) is 24.9. The topological polar surface area (TPSA) is 50.4 Å². The summed E-state index contributed by atoms with van der Waals surface area (Å²) in [5.41, 5.74) is 6.70. The molecule has 1 heterocycles. The first-order chi connectivity index (χ1) is 7.01. The Bertz CT molecular complexity index is 428. The molecule has 0 saturated heterocycles. The van der Waals surface area contributed by atoms with Crippen LogP contribution in [0.4, 0.5) is 4.39 Å². The van der Waals surface area contributed by atoms with Gasteiger partial charge in [-0.1, -0.05) is 12.1 Å². The second kappa shape index (κ2) is 3.22. The molecule has 1 aromatic rings. The molecule has 0 spiro atoms. The lowest BCUT2D eigenvalue weighted by atomic mass is 9.92. The molecule has 1 aromatic carbocycles. The molecule has 2 rings (SSSR count). The predicted octanol–water partition coefficient (Wildman–Crippen LogP) is 1.27. The smallest absolute Gasteiger partial charge is 0.189 e. The van der Waals surface area contributed by atoms with Gasteiger partial charge in [-0.25, -0.2) is 4.39 Å². The molecular weight excluding hydrogens is 193 g/mol. The second-order valence-corrected chi connectivity index (χ2v) is 4.12. The third kappa shape index (κ3) is 1.67. The molecule has 0 bridgehead atoms. The number of rotatable bonds is 1. The molecular formula is C11H14FN3. The number of nitrogens with zero attached hydrogens (tertiary/aromatic N) is 1. The zero-order valence-electron chi connectivity index (χ0n) is 8.84. The minimum Gasteiger partial charge on any atom is -0.370 e. The van der Waals surface area contributed by atoms with E-state index in [-0.39, 0.29) is 11.4 Å². The molecule has 0 radical (unpaired) electrons. The molecule has 1 atom stereocenters. The van der Waals surface area contributed by atoms with E-state index in [1.807, 2.05) is 13.0 Å². The number of guanidine groups is 1. The van der Waals surface area contributed by atoms with E-state index in [1.54, 1.807) is 13.0 Å². The van der Waals surface area contributed by atoms with E-state index >= 15 is 0 Å². The van der Waals surface area contributed by atoms with Gasteiger partial charge >= 0.3 is 0 Å². The lowest BCUT2D eigenvalue weighted by Gasteiger charge is -2.25. The first-order valence-corrected chi connectivity index (χ1v) is 4.86. The van der Waals surface area contributed by atoms with Crippen molar-refractivity contribution in [1.29, 1.82) is 0 Å². The molecule has 1 unspecified atom stereocenters. The summed E-state index contributed by atoms with van der Waals surface area (Å²) in [6, 6.07) is 5.21. The van der Waals surface area contributed by atoms with Crippen molar-refractivity contribution >= 4 is 5.96 Å². The molecule has 0 amide bonds. The van der Waals surface area contributed by atoms with Gasteiger partial charge in [0.25, 0.3) is 0 Å². The summed E-state index contributed by atoms with van der Waals surface area (Å²) in [6.07, 6.45) is 0. The average molecular weight is 207 g/mol. The summed E-state index contributed by atoms with van der Waals surface area (Å²) < 4.78 is 13.4. The largest absolute Gasteiger partial charge is 0.370 e. The number of nitrogens with one attached hydrogen (secondary N) is 1. The molecule has 0 saturated carbocycles. The first-order valence-electron chi connectivity index (χ1n) is 4.86. The highest BCUT2D eigenvalue weighted by molar-refractivity contribution is 5.81. The summed E-state index contributed by atoms with van der Waals surface area (Å²) >= 11 is 0. The fourth-order valence-corrected chi connectivity index (χ4v) is 1.70. The molecule has 3 nitrogen and oxygen atoms in total. The number of nitrogens with two attached hydrogens (primary N) is 1. The van der Waals surface area contributed by atoms with Gasteiger partial charge in [0.2, 0.25) is 0 Å². The SMILES string of the molecule is Cc1ccc(C2(C)CN=C(N)N2)cc1F. The van der Waals surface area contributed by atoms with Crippen LogP contribution >= 0.6 is 0 Å². The quantitative estimate of drug-likeness (QED) is 0.728.